The minimum absolute atomic E-state index is 0.0221. The van der Waals surface area contributed by atoms with Crippen LogP contribution in [0.1, 0.15) is 11.1 Å². The molecule has 4 nitrogen and oxygen atoms in total. The van der Waals surface area contributed by atoms with Crippen molar-refractivity contribution >= 4 is 11.3 Å². The highest BCUT2D eigenvalue weighted by molar-refractivity contribution is 5.82. The number of rotatable bonds is 3. The van der Waals surface area contributed by atoms with Crippen LogP contribution < -0.4 is 0 Å². The van der Waals surface area contributed by atoms with E-state index in [2.05, 4.69) is 11.6 Å². The number of hydrogen-bond acceptors (Lipinski definition) is 3. The van der Waals surface area contributed by atoms with Crippen molar-refractivity contribution in [3.05, 3.63) is 76.6 Å². The fourth-order valence-electron chi connectivity index (χ4n) is 1.57. The third-order valence-corrected chi connectivity index (χ3v) is 2.44. The summed E-state index contributed by atoms with van der Waals surface area (Å²) in [5.41, 5.74) is 1.92. The molecule has 0 radical (unpaired) electrons. The lowest BCUT2D eigenvalue weighted by molar-refractivity contribution is -0.385. The van der Waals surface area contributed by atoms with Crippen molar-refractivity contribution < 1.29 is 4.92 Å². The molecule has 0 aliphatic carbocycles. The van der Waals surface area contributed by atoms with E-state index in [1.54, 1.807) is 0 Å². The zero-order valence-electron chi connectivity index (χ0n) is 9.04. The first-order chi connectivity index (χ1) is 8.20. The van der Waals surface area contributed by atoms with Crippen LogP contribution in [0.2, 0.25) is 0 Å². The molecule has 4 heteroatoms. The second-order valence-corrected chi connectivity index (χ2v) is 3.49. The molecule has 1 aromatic carbocycles. The zero-order valence-corrected chi connectivity index (χ0v) is 9.04. The van der Waals surface area contributed by atoms with Crippen LogP contribution in [0.5, 0.6) is 0 Å². The largest absolute Gasteiger partial charge is 0.280 e. The number of aromatic nitrogens is 1. The molecular formula is C13H10N2O2. The fraction of sp³-hybridized carbons (Fsp3) is 0. The van der Waals surface area contributed by atoms with Crippen LogP contribution in [-0.4, -0.2) is 9.91 Å². The third kappa shape index (κ3) is 2.20. The maximum atomic E-state index is 10.9. The molecule has 84 valence electrons. The van der Waals surface area contributed by atoms with Gasteiger partial charge in [0.05, 0.1) is 10.5 Å². The zero-order chi connectivity index (χ0) is 12.3. The van der Waals surface area contributed by atoms with E-state index in [0.717, 1.165) is 5.56 Å². The van der Waals surface area contributed by atoms with Gasteiger partial charge in [0.25, 0.3) is 5.69 Å². The number of nitro groups is 1. The Morgan fingerprint density at radius 3 is 2.59 bits per heavy atom. The topological polar surface area (TPSA) is 56.0 Å². The normalized spacial score (nSPS) is 9.88. The molecule has 0 unspecified atom stereocenters. The Labute approximate surface area is 98.4 Å². The van der Waals surface area contributed by atoms with Gasteiger partial charge in [-0.25, -0.2) is 0 Å². The van der Waals surface area contributed by atoms with E-state index in [1.807, 2.05) is 30.3 Å². The van der Waals surface area contributed by atoms with Crippen LogP contribution >= 0.6 is 0 Å². The predicted octanol–water partition coefficient (Wildman–Crippen LogP) is 3.05. The highest BCUT2D eigenvalue weighted by Gasteiger charge is 2.16. The Hall–Kier alpha value is -2.49. The molecule has 0 aliphatic heterocycles. The van der Waals surface area contributed by atoms with Crippen molar-refractivity contribution in [1.82, 2.24) is 4.98 Å². The first-order valence-corrected chi connectivity index (χ1v) is 5.03. The van der Waals surface area contributed by atoms with Gasteiger partial charge in [-0.3, -0.25) is 15.1 Å². The van der Waals surface area contributed by atoms with Crippen molar-refractivity contribution in [2.45, 2.75) is 0 Å². The molecule has 0 bridgehead atoms. The van der Waals surface area contributed by atoms with E-state index < -0.39 is 4.92 Å². The Kier molecular flexibility index (Phi) is 2.96. The van der Waals surface area contributed by atoms with Crippen molar-refractivity contribution in [2.75, 3.05) is 0 Å². The Balaban J connectivity index is 2.48. The molecule has 17 heavy (non-hydrogen) atoms. The van der Waals surface area contributed by atoms with Crippen LogP contribution in [0.3, 0.4) is 0 Å². The van der Waals surface area contributed by atoms with Crippen LogP contribution in [0.25, 0.3) is 5.57 Å². The molecule has 0 saturated heterocycles. The van der Waals surface area contributed by atoms with Crippen molar-refractivity contribution in [1.29, 1.82) is 0 Å². The molecule has 0 spiro atoms. The van der Waals surface area contributed by atoms with Crippen molar-refractivity contribution in [2.24, 2.45) is 0 Å². The van der Waals surface area contributed by atoms with Gasteiger partial charge in [0, 0.05) is 18.5 Å². The molecule has 2 aromatic rings. The van der Waals surface area contributed by atoms with E-state index in [-0.39, 0.29) is 5.69 Å². The second-order valence-electron chi connectivity index (χ2n) is 3.49. The Bertz CT molecular complexity index is 565. The van der Waals surface area contributed by atoms with E-state index in [0.29, 0.717) is 11.1 Å². The molecule has 0 aliphatic rings. The van der Waals surface area contributed by atoms with E-state index >= 15 is 0 Å². The molecule has 1 aromatic heterocycles. The minimum atomic E-state index is -0.425. The highest BCUT2D eigenvalue weighted by atomic mass is 16.6. The van der Waals surface area contributed by atoms with E-state index in [9.17, 15) is 10.1 Å². The Morgan fingerprint density at radius 1 is 1.24 bits per heavy atom. The predicted molar refractivity (Wildman–Crippen MR) is 65.5 cm³/mol. The van der Waals surface area contributed by atoms with Gasteiger partial charge in [-0.2, -0.15) is 0 Å². The summed E-state index contributed by atoms with van der Waals surface area (Å²) in [7, 11) is 0. The lowest BCUT2D eigenvalue weighted by atomic mass is 10.00. The van der Waals surface area contributed by atoms with Gasteiger partial charge in [-0.15, -0.1) is 0 Å². The molecule has 0 N–H and O–H groups in total. The second kappa shape index (κ2) is 4.57. The average Bonchev–Trinajstić information content (AvgIpc) is 2.39. The van der Waals surface area contributed by atoms with Crippen LogP contribution in [0, 0.1) is 10.1 Å². The molecular weight excluding hydrogens is 216 g/mol. The quantitative estimate of drug-likeness (QED) is 0.597. The molecule has 0 atom stereocenters. The molecule has 0 fully saturated rings. The summed E-state index contributed by atoms with van der Waals surface area (Å²) in [5.74, 6) is 0. The average molecular weight is 226 g/mol. The summed E-state index contributed by atoms with van der Waals surface area (Å²) < 4.78 is 0. The molecule has 1 heterocycles. The van der Waals surface area contributed by atoms with Gasteiger partial charge in [0.1, 0.15) is 0 Å². The van der Waals surface area contributed by atoms with Crippen LogP contribution in [0.15, 0.2) is 55.4 Å². The van der Waals surface area contributed by atoms with Crippen LogP contribution in [0.4, 0.5) is 5.69 Å². The summed E-state index contributed by atoms with van der Waals surface area (Å²) in [5, 5.41) is 10.9. The third-order valence-electron chi connectivity index (χ3n) is 2.44. The van der Waals surface area contributed by atoms with Gasteiger partial charge in [-0.1, -0.05) is 36.9 Å². The number of benzene rings is 1. The smallest absolute Gasteiger partial charge is 0.264 e. The number of pyridine rings is 1. The van der Waals surface area contributed by atoms with Gasteiger partial charge >= 0.3 is 0 Å². The van der Waals surface area contributed by atoms with Crippen molar-refractivity contribution in [3.63, 3.8) is 0 Å². The van der Waals surface area contributed by atoms with Crippen LogP contribution in [-0.2, 0) is 0 Å². The van der Waals surface area contributed by atoms with E-state index in [4.69, 9.17) is 0 Å². The summed E-state index contributed by atoms with van der Waals surface area (Å²) in [6, 6.07) is 10.7. The maximum absolute atomic E-state index is 10.9. The lowest BCUT2D eigenvalue weighted by Gasteiger charge is -2.05. The Morgan fingerprint density at radius 2 is 1.94 bits per heavy atom. The maximum Gasteiger partial charge on any atom is 0.280 e. The SMILES string of the molecule is C=C(c1ccccc1)c1cnccc1[N+](=O)[O-]. The monoisotopic (exact) mass is 226 g/mol. The fourth-order valence-corrected chi connectivity index (χ4v) is 1.57. The first-order valence-electron chi connectivity index (χ1n) is 5.03. The number of nitrogens with zero attached hydrogens (tertiary/aromatic N) is 2. The van der Waals surface area contributed by atoms with Gasteiger partial charge in [0.15, 0.2) is 0 Å². The standard InChI is InChI=1S/C13H10N2O2/c1-10(11-5-3-2-4-6-11)12-9-14-8-7-13(12)15(16)17/h2-9H,1H2. The van der Waals surface area contributed by atoms with Gasteiger partial charge < -0.3 is 0 Å². The summed E-state index contributed by atoms with van der Waals surface area (Å²) in [6.07, 6.45) is 2.87. The highest BCUT2D eigenvalue weighted by Crippen LogP contribution is 2.28. The van der Waals surface area contributed by atoms with Gasteiger partial charge in [-0.05, 0) is 11.1 Å². The molecule has 0 amide bonds. The molecule has 2 rings (SSSR count). The van der Waals surface area contributed by atoms with Crippen molar-refractivity contribution in [3.8, 4) is 0 Å². The van der Waals surface area contributed by atoms with E-state index in [1.165, 1.54) is 18.5 Å². The molecule has 0 saturated carbocycles. The summed E-state index contributed by atoms with van der Waals surface area (Å²) in [4.78, 5) is 14.4. The first kappa shape index (κ1) is 11.0. The number of hydrogen-bond donors (Lipinski definition) is 0. The summed E-state index contributed by atoms with van der Waals surface area (Å²) in [6.45, 7) is 3.89. The summed E-state index contributed by atoms with van der Waals surface area (Å²) >= 11 is 0. The van der Waals surface area contributed by atoms with Gasteiger partial charge in [0.2, 0.25) is 0 Å². The lowest BCUT2D eigenvalue weighted by Crippen LogP contribution is -1.96. The minimum Gasteiger partial charge on any atom is -0.264 e.